The molecule has 2 aliphatic heterocycles. The lowest BCUT2D eigenvalue weighted by molar-refractivity contribution is -0.124. The SMILES string of the molecule is CCOC(=O)c1ccccc1NC(=O)CN1CCc2nc(NC(=O)C3CCCO3)sc2C1. The second-order valence-electron chi connectivity index (χ2n) is 7.65. The van der Waals surface area contributed by atoms with E-state index in [2.05, 4.69) is 15.6 Å². The fraction of sp³-hybridized carbons (Fsp3) is 0.455. The monoisotopic (exact) mass is 458 g/mol. The summed E-state index contributed by atoms with van der Waals surface area (Å²) in [5, 5.41) is 6.25. The van der Waals surface area contributed by atoms with E-state index in [1.165, 1.54) is 11.3 Å². The maximum Gasteiger partial charge on any atom is 0.340 e. The van der Waals surface area contributed by atoms with Gasteiger partial charge in [0.1, 0.15) is 6.10 Å². The Morgan fingerprint density at radius 1 is 1.28 bits per heavy atom. The van der Waals surface area contributed by atoms with Gasteiger partial charge in [0.25, 0.3) is 5.91 Å². The highest BCUT2D eigenvalue weighted by Crippen LogP contribution is 2.29. The van der Waals surface area contributed by atoms with Gasteiger partial charge >= 0.3 is 5.97 Å². The van der Waals surface area contributed by atoms with Crippen molar-refractivity contribution >= 4 is 39.9 Å². The summed E-state index contributed by atoms with van der Waals surface area (Å²) in [6.45, 7) is 4.07. The predicted molar refractivity (Wildman–Crippen MR) is 120 cm³/mol. The second kappa shape index (κ2) is 10.2. The van der Waals surface area contributed by atoms with Crippen LogP contribution in [0.3, 0.4) is 0 Å². The highest BCUT2D eigenvalue weighted by Gasteiger charge is 2.27. The quantitative estimate of drug-likeness (QED) is 0.613. The number of hydrogen-bond donors (Lipinski definition) is 2. The third-order valence-corrected chi connectivity index (χ3v) is 6.32. The van der Waals surface area contributed by atoms with Gasteiger partial charge in [-0.1, -0.05) is 12.1 Å². The Hall–Kier alpha value is -2.82. The lowest BCUT2D eigenvalue weighted by Gasteiger charge is -2.25. The van der Waals surface area contributed by atoms with Gasteiger partial charge in [-0.2, -0.15) is 0 Å². The zero-order valence-electron chi connectivity index (χ0n) is 17.9. The minimum atomic E-state index is -0.465. The molecule has 2 aliphatic rings. The van der Waals surface area contributed by atoms with Crippen LogP contribution in [0.5, 0.6) is 0 Å². The Labute approximate surface area is 190 Å². The molecule has 1 saturated heterocycles. The van der Waals surface area contributed by atoms with E-state index in [0.29, 0.717) is 42.5 Å². The zero-order chi connectivity index (χ0) is 22.5. The first-order valence-electron chi connectivity index (χ1n) is 10.7. The minimum Gasteiger partial charge on any atom is -0.462 e. The number of aromatic nitrogens is 1. The first-order valence-corrected chi connectivity index (χ1v) is 11.5. The average Bonchev–Trinajstić information content (AvgIpc) is 3.43. The summed E-state index contributed by atoms with van der Waals surface area (Å²) in [5.41, 5.74) is 1.73. The Balaban J connectivity index is 1.33. The first kappa shape index (κ1) is 22.4. The second-order valence-corrected chi connectivity index (χ2v) is 8.74. The summed E-state index contributed by atoms with van der Waals surface area (Å²) in [6.07, 6.45) is 1.94. The molecule has 170 valence electrons. The van der Waals surface area contributed by atoms with Gasteiger partial charge in [0, 0.05) is 31.0 Å². The van der Waals surface area contributed by atoms with Gasteiger partial charge in [-0.05, 0) is 31.9 Å². The van der Waals surface area contributed by atoms with Gasteiger partial charge < -0.3 is 14.8 Å². The van der Waals surface area contributed by atoms with Crippen molar-refractivity contribution in [2.75, 3.05) is 36.9 Å². The maximum atomic E-state index is 12.6. The van der Waals surface area contributed by atoms with Gasteiger partial charge in [-0.25, -0.2) is 9.78 Å². The van der Waals surface area contributed by atoms with E-state index < -0.39 is 12.1 Å². The van der Waals surface area contributed by atoms with Crippen molar-refractivity contribution in [3.63, 3.8) is 0 Å². The van der Waals surface area contributed by atoms with Crippen LogP contribution in [0.25, 0.3) is 0 Å². The zero-order valence-corrected chi connectivity index (χ0v) is 18.7. The summed E-state index contributed by atoms with van der Waals surface area (Å²) < 4.78 is 10.5. The molecule has 0 spiro atoms. The van der Waals surface area contributed by atoms with Crippen LogP contribution < -0.4 is 10.6 Å². The lowest BCUT2D eigenvalue weighted by Crippen LogP contribution is -2.37. The van der Waals surface area contributed by atoms with Crippen LogP contribution in [0, 0.1) is 0 Å². The Bertz CT molecular complexity index is 1000. The average molecular weight is 459 g/mol. The van der Waals surface area contributed by atoms with E-state index in [1.54, 1.807) is 31.2 Å². The number of carbonyl (C=O) groups excluding carboxylic acids is 3. The summed E-state index contributed by atoms with van der Waals surface area (Å²) in [5.74, 6) is -0.819. The number of anilines is 2. The van der Waals surface area contributed by atoms with Gasteiger partial charge in [-0.15, -0.1) is 11.3 Å². The third kappa shape index (κ3) is 5.32. The van der Waals surface area contributed by atoms with E-state index in [1.807, 2.05) is 4.90 Å². The highest BCUT2D eigenvalue weighted by atomic mass is 32.1. The van der Waals surface area contributed by atoms with Crippen molar-refractivity contribution in [2.24, 2.45) is 0 Å². The molecule has 4 rings (SSSR count). The number of nitrogens with zero attached hydrogens (tertiary/aromatic N) is 2. The van der Waals surface area contributed by atoms with Crippen LogP contribution in [-0.2, 0) is 32.0 Å². The van der Waals surface area contributed by atoms with Gasteiger partial charge in [-0.3, -0.25) is 19.8 Å². The smallest absolute Gasteiger partial charge is 0.340 e. The Kier molecular flexibility index (Phi) is 7.13. The number of hydrogen-bond acceptors (Lipinski definition) is 8. The molecule has 0 bridgehead atoms. The topological polar surface area (TPSA) is 110 Å². The standard InChI is InChI=1S/C22H26N4O5S/c1-2-30-21(29)14-6-3-4-7-15(14)23-19(27)13-26-10-9-16-18(12-26)32-22(24-16)25-20(28)17-8-5-11-31-17/h3-4,6-7,17H,2,5,8-13H2,1H3,(H,23,27)(H,24,25,28). The van der Waals surface area contributed by atoms with E-state index >= 15 is 0 Å². The van der Waals surface area contributed by atoms with Gasteiger partial charge in [0.2, 0.25) is 5.91 Å². The third-order valence-electron chi connectivity index (χ3n) is 5.33. The largest absolute Gasteiger partial charge is 0.462 e. The number of amides is 2. The fourth-order valence-corrected chi connectivity index (χ4v) is 4.83. The number of fused-ring (bicyclic) bond motifs is 1. The molecule has 2 amide bonds. The molecule has 32 heavy (non-hydrogen) atoms. The number of benzene rings is 1. The summed E-state index contributed by atoms with van der Waals surface area (Å²) in [4.78, 5) is 44.6. The Morgan fingerprint density at radius 2 is 2.12 bits per heavy atom. The van der Waals surface area contributed by atoms with E-state index in [9.17, 15) is 14.4 Å². The summed E-state index contributed by atoms with van der Waals surface area (Å²) >= 11 is 1.44. The summed E-state index contributed by atoms with van der Waals surface area (Å²) in [7, 11) is 0. The molecular weight excluding hydrogens is 432 g/mol. The Morgan fingerprint density at radius 3 is 2.91 bits per heavy atom. The van der Waals surface area contributed by atoms with Crippen molar-refractivity contribution in [1.29, 1.82) is 0 Å². The van der Waals surface area contributed by atoms with Gasteiger partial charge in [0.05, 0.1) is 30.1 Å². The molecule has 10 heteroatoms. The molecule has 2 aromatic rings. The predicted octanol–water partition coefficient (Wildman–Crippen LogP) is 2.43. The molecule has 2 N–H and O–H groups in total. The van der Waals surface area contributed by atoms with Crippen LogP contribution in [0.2, 0.25) is 0 Å². The molecule has 0 saturated carbocycles. The number of rotatable bonds is 7. The minimum absolute atomic E-state index is 0.148. The number of para-hydroxylation sites is 1. The molecule has 1 aromatic carbocycles. The fourth-order valence-electron chi connectivity index (χ4n) is 3.78. The highest BCUT2D eigenvalue weighted by molar-refractivity contribution is 7.15. The van der Waals surface area contributed by atoms with Crippen LogP contribution in [0.4, 0.5) is 10.8 Å². The van der Waals surface area contributed by atoms with Crippen LogP contribution in [0.15, 0.2) is 24.3 Å². The summed E-state index contributed by atoms with van der Waals surface area (Å²) in [6, 6.07) is 6.80. The number of thiazole rings is 1. The molecule has 9 nitrogen and oxygen atoms in total. The molecule has 3 heterocycles. The molecule has 0 radical (unpaired) electrons. The molecule has 1 aromatic heterocycles. The van der Waals surface area contributed by atoms with Crippen molar-refractivity contribution in [1.82, 2.24) is 9.88 Å². The lowest BCUT2D eigenvalue weighted by atomic mass is 10.1. The molecule has 0 aliphatic carbocycles. The van der Waals surface area contributed by atoms with E-state index in [4.69, 9.17) is 9.47 Å². The molecule has 1 atom stereocenters. The van der Waals surface area contributed by atoms with Crippen molar-refractivity contribution in [3.05, 3.63) is 40.4 Å². The first-order chi connectivity index (χ1) is 15.5. The normalized spacial score (nSPS) is 18.1. The molecule has 1 unspecified atom stereocenters. The number of ether oxygens (including phenoxy) is 2. The van der Waals surface area contributed by atoms with Crippen LogP contribution in [0.1, 0.15) is 40.7 Å². The van der Waals surface area contributed by atoms with Crippen molar-refractivity contribution in [2.45, 2.75) is 38.8 Å². The van der Waals surface area contributed by atoms with Gasteiger partial charge in [0.15, 0.2) is 5.13 Å². The molecular formula is C22H26N4O5S. The van der Waals surface area contributed by atoms with Crippen LogP contribution in [-0.4, -0.2) is 60.1 Å². The van der Waals surface area contributed by atoms with E-state index in [0.717, 1.165) is 23.4 Å². The van der Waals surface area contributed by atoms with E-state index in [-0.39, 0.29) is 25.0 Å². The molecule has 1 fully saturated rings. The number of carbonyl (C=O) groups is 3. The van der Waals surface area contributed by atoms with Crippen molar-refractivity contribution in [3.8, 4) is 0 Å². The van der Waals surface area contributed by atoms with Crippen LogP contribution >= 0.6 is 11.3 Å². The van der Waals surface area contributed by atoms with Crippen molar-refractivity contribution < 1.29 is 23.9 Å². The number of nitrogens with one attached hydrogen (secondary N) is 2. The number of esters is 1. The maximum absolute atomic E-state index is 12.6.